The van der Waals surface area contributed by atoms with E-state index in [-0.39, 0.29) is 16.3 Å². The van der Waals surface area contributed by atoms with Gasteiger partial charge in [-0.05, 0) is 36.2 Å². The molecule has 0 atom stereocenters. The second kappa shape index (κ2) is 9.70. The van der Waals surface area contributed by atoms with Crippen molar-refractivity contribution in [1.29, 1.82) is 0 Å². The van der Waals surface area contributed by atoms with Gasteiger partial charge in [0.05, 0.1) is 18.5 Å². The number of thiophene rings is 1. The molecule has 3 aromatic carbocycles. The predicted molar refractivity (Wildman–Crippen MR) is 149 cm³/mol. The van der Waals surface area contributed by atoms with Gasteiger partial charge in [-0.25, -0.2) is 4.98 Å². The van der Waals surface area contributed by atoms with Crippen LogP contribution >= 0.6 is 11.3 Å². The molecule has 0 saturated heterocycles. The number of pyridine rings is 1. The van der Waals surface area contributed by atoms with Gasteiger partial charge >= 0.3 is 11.6 Å². The van der Waals surface area contributed by atoms with E-state index in [1.54, 1.807) is 31.4 Å². The third-order valence-corrected chi connectivity index (χ3v) is 7.59. The number of ketones is 1. The molecular formula is C30H23N4O4S+. The summed E-state index contributed by atoms with van der Waals surface area (Å²) in [5.41, 5.74) is 12.0. The monoisotopic (exact) mass is 535 g/mol. The van der Waals surface area contributed by atoms with Crippen molar-refractivity contribution in [2.45, 2.75) is 6.92 Å². The molecule has 192 valence electrons. The molecule has 0 amide bonds. The number of rotatable bonds is 6. The van der Waals surface area contributed by atoms with Crippen LogP contribution < -0.4 is 15.2 Å². The Hall–Kier alpha value is -5.02. The van der Waals surface area contributed by atoms with Gasteiger partial charge in [-0.15, -0.1) is 11.3 Å². The van der Waals surface area contributed by atoms with E-state index in [4.69, 9.17) is 20.0 Å². The summed E-state index contributed by atoms with van der Waals surface area (Å²) >= 11 is 1.17. The van der Waals surface area contributed by atoms with Crippen molar-refractivity contribution >= 4 is 33.0 Å². The Kier molecular flexibility index (Phi) is 6.05. The number of nitrogens with two attached hydrogens (primary N) is 1. The first kappa shape index (κ1) is 24.3. The Bertz CT molecular complexity index is 1830. The van der Waals surface area contributed by atoms with Crippen molar-refractivity contribution in [3.05, 3.63) is 101 Å². The molecule has 0 unspecified atom stereocenters. The summed E-state index contributed by atoms with van der Waals surface area (Å²) in [7, 11) is 1.56. The number of fused-ring (bicyclic) bond motifs is 1. The summed E-state index contributed by atoms with van der Waals surface area (Å²) < 4.78 is 11.5. The molecule has 0 bridgehead atoms. The molecule has 8 nitrogen and oxygen atoms in total. The number of carbonyl (C=O) groups is 1. The first-order chi connectivity index (χ1) is 18.9. The highest BCUT2D eigenvalue weighted by Gasteiger charge is 2.37. The van der Waals surface area contributed by atoms with Gasteiger partial charge < -0.3 is 15.6 Å². The van der Waals surface area contributed by atoms with Crippen LogP contribution in [0.5, 0.6) is 11.7 Å². The van der Waals surface area contributed by atoms with E-state index in [1.807, 2.05) is 67.6 Å². The average molecular weight is 536 g/mol. The summed E-state index contributed by atoms with van der Waals surface area (Å²) in [4.78, 5) is 19.6. The molecule has 6 rings (SSSR count). The Morgan fingerprint density at radius 1 is 1.00 bits per heavy atom. The number of hydrogen-bond acceptors (Lipinski definition) is 8. The quantitative estimate of drug-likeness (QED) is 0.207. The van der Waals surface area contributed by atoms with E-state index >= 15 is 0 Å². The number of ether oxygens (including phenoxy) is 1. The van der Waals surface area contributed by atoms with Crippen LogP contribution in [-0.2, 0) is 0 Å². The van der Waals surface area contributed by atoms with Crippen LogP contribution in [0.25, 0.3) is 38.3 Å². The van der Waals surface area contributed by atoms with Crippen LogP contribution in [0.4, 0.5) is 5.69 Å². The van der Waals surface area contributed by atoms with Crippen LogP contribution in [0.15, 0.2) is 89.5 Å². The molecule has 39 heavy (non-hydrogen) atoms. The van der Waals surface area contributed by atoms with E-state index < -0.39 is 11.7 Å². The summed E-state index contributed by atoms with van der Waals surface area (Å²) in [6.45, 7) is 2.03. The first-order valence-electron chi connectivity index (χ1n) is 12.1. The van der Waals surface area contributed by atoms with Crippen molar-refractivity contribution in [1.82, 2.24) is 10.3 Å². The fourth-order valence-electron chi connectivity index (χ4n) is 4.46. The lowest BCUT2D eigenvalue weighted by atomic mass is 9.98. The molecule has 0 aliphatic rings. The summed E-state index contributed by atoms with van der Waals surface area (Å²) in [5, 5.41) is 15.1. The van der Waals surface area contributed by atoms with Gasteiger partial charge in [-0.2, -0.15) is 0 Å². The highest BCUT2D eigenvalue weighted by molar-refractivity contribution is 7.21. The van der Waals surface area contributed by atoms with E-state index in [0.717, 1.165) is 27.9 Å². The summed E-state index contributed by atoms with van der Waals surface area (Å²) in [6, 6.07) is 26.8. The highest BCUT2D eigenvalue weighted by Crippen LogP contribution is 2.42. The highest BCUT2D eigenvalue weighted by atomic mass is 32.1. The van der Waals surface area contributed by atoms with Crippen LogP contribution in [0, 0.1) is 6.92 Å². The number of aryl methyl sites for hydroxylation is 1. The Labute approximate surface area is 227 Å². The van der Waals surface area contributed by atoms with Crippen LogP contribution in [0.2, 0.25) is 0 Å². The molecule has 0 radical (unpaired) electrons. The number of nitrogen functional groups attached to an aromatic ring is 1. The maximum absolute atomic E-state index is 13.9. The van der Waals surface area contributed by atoms with Gasteiger partial charge in [0, 0.05) is 27.8 Å². The van der Waals surface area contributed by atoms with Crippen LogP contribution in [-0.4, -0.2) is 28.3 Å². The molecule has 0 aliphatic heterocycles. The molecule has 0 aliphatic carbocycles. The zero-order valence-corrected chi connectivity index (χ0v) is 21.9. The topological polar surface area (TPSA) is 115 Å². The molecule has 3 aromatic heterocycles. The molecule has 6 aromatic rings. The van der Waals surface area contributed by atoms with Crippen molar-refractivity contribution in [2.24, 2.45) is 0 Å². The van der Waals surface area contributed by atoms with Gasteiger partial charge in [-0.1, -0.05) is 60.2 Å². The van der Waals surface area contributed by atoms with Crippen LogP contribution in [0.3, 0.4) is 0 Å². The molecule has 3 N–H and O–H groups in total. The minimum Gasteiger partial charge on any atom is -0.497 e. The zero-order valence-electron chi connectivity index (χ0n) is 21.1. The van der Waals surface area contributed by atoms with Gasteiger partial charge in [0.1, 0.15) is 15.5 Å². The number of methoxy groups -OCH3 is 1. The van der Waals surface area contributed by atoms with E-state index in [2.05, 4.69) is 5.27 Å². The fraction of sp³-hybridized carbons (Fsp3) is 0.0667. The molecule has 0 fully saturated rings. The second-order valence-corrected chi connectivity index (χ2v) is 9.98. The smallest absolute Gasteiger partial charge is 0.393 e. The lowest BCUT2D eigenvalue weighted by molar-refractivity contribution is -0.672. The Morgan fingerprint density at radius 3 is 2.41 bits per heavy atom. The Balaban J connectivity index is 1.54. The number of carbonyl (C=O) groups excluding carboxylic acids is 1. The largest absolute Gasteiger partial charge is 0.497 e. The number of nitrogens with zero attached hydrogens (tertiary/aromatic N) is 3. The fourth-order valence-corrected chi connectivity index (χ4v) is 5.52. The Morgan fingerprint density at radius 2 is 1.72 bits per heavy atom. The minimum absolute atomic E-state index is 0.140. The molecule has 0 saturated carbocycles. The number of anilines is 1. The lowest BCUT2D eigenvalue weighted by Crippen LogP contribution is -2.38. The van der Waals surface area contributed by atoms with Gasteiger partial charge in [-0.3, -0.25) is 9.32 Å². The van der Waals surface area contributed by atoms with E-state index in [1.165, 1.54) is 16.0 Å². The average Bonchev–Trinajstić information content (AvgIpc) is 3.52. The number of hydrogen-bond donors (Lipinski definition) is 2. The second-order valence-electron chi connectivity index (χ2n) is 8.98. The third kappa shape index (κ3) is 4.28. The molecule has 0 spiro atoms. The minimum atomic E-state index is -0.607. The van der Waals surface area contributed by atoms with Crippen molar-refractivity contribution in [3.8, 4) is 39.8 Å². The molecule has 3 heterocycles. The molecule has 9 heteroatoms. The van der Waals surface area contributed by atoms with Gasteiger partial charge in [0.2, 0.25) is 11.0 Å². The van der Waals surface area contributed by atoms with E-state index in [0.29, 0.717) is 21.7 Å². The lowest BCUT2D eigenvalue weighted by Gasteiger charge is -2.09. The number of aromatic hydroxyl groups is 1. The van der Waals surface area contributed by atoms with Crippen molar-refractivity contribution in [3.63, 3.8) is 0 Å². The maximum Gasteiger partial charge on any atom is 0.393 e. The van der Waals surface area contributed by atoms with Gasteiger partial charge in [0.15, 0.2) is 0 Å². The maximum atomic E-state index is 13.9. The third-order valence-electron chi connectivity index (χ3n) is 6.49. The normalized spacial score (nSPS) is 11.1. The first-order valence-corrected chi connectivity index (χ1v) is 12.9. The summed E-state index contributed by atoms with van der Waals surface area (Å²) in [6.07, 6.45) is 0. The number of aromatic nitrogens is 3. The zero-order chi connectivity index (χ0) is 27.1. The van der Waals surface area contributed by atoms with Gasteiger partial charge in [0.25, 0.3) is 5.78 Å². The van der Waals surface area contributed by atoms with Crippen LogP contribution in [0.1, 0.15) is 20.9 Å². The molecular weight excluding hydrogens is 512 g/mol. The van der Waals surface area contributed by atoms with Crippen molar-refractivity contribution < 1.29 is 23.8 Å². The standard InChI is InChI=1S/C30H22N4O4S/c1-17-8-10-18(11-9-17)22-16-23(19-6-4-3-5-7-19)32-29-24(22)25(31)28(39-29)27(35)26-30(36)38-33-34(26)20-12-14-21(37-2)15-13-20/h3-16H,1-2H3,(H2-,31,33,35,36)/p+1. The predicted octanol–water partition coefficient (Wildman–Crippen LogP) is 5.73. The SMILES string of the molecule is COc1ccc(-[n+]2noc(O)c2C(=O)c2sc3nc(-c4ccccc4)cc(-c4ccc(C)cc4)c3c2N)cc1. The summed E-state index contributed by atoms with van der Waals surface area (Å²) in [5.74, 6) is -0.497. The van der Waals surface area contributed by atoms with Crippen molar-refractivity contribution in [2.75, 3.05) is 12.8 Å². The van der Waals surface area contributed by atoms with E-state index in [9.17, 15) is 9.90 Å². The number of benzene rings is 3.